The number of benzene rings is 1. The lowest BCUT2D eigenvalue weighted by molar-refractivity contribution is -0.128. The molecule has 148 valence electrons. The maximum absolute atomic E-state index is 12.5. The lowest BCUT2D eigenvalue weighted by Gasteiger charge is -2.59. The summed E-state index contributed by atoms with van der Waals surface area (Å²) in [4.78, 5) is 27.8. The molecule has 4 bridgehead atoms. The Morgan fingerprint density at radius 3 is 2.43 bits per heavy atom. The number of hydrogen-bond donors (Lipinski definition) is 2. The molecule has 5 heteroatoms. The van der Waals surface area contributed by atoms with Crippen LogP contribution in [0.2, 0.25) is 0 Å². The van der Waals surface area contributed by atoms with Crippen LogP contribution < -0.4 is 5.32 Å². The summed E-state index contributed by atoms with van der Waals surface area (Å²) in [6.45, 7) is 1.91. The Morgan fingerprint density at radius 2 is 1.79 bits per heavy atom. The van der Waals surface area contributed by atoms with Crippen molar-refractivity contribution in [1.82, 2.24) is 10.3 Å². The van der Waals surface area contributed by atoms with Gasteiger partial charge in [0, 0.05) is 16.9 Å². The number of H-pyrrole nitrogens is 1. The Bertz CT molecular complexity index is 847. The number of ether oxygens (including phenoxy) is 1. The smallest absolute Gasteiger partial charge is 0.355 e. The van der Waals surface area contributed by atoms with Crippen LogP contribution >= 0.6 is 0 Å². The number of carbonyl (C=O) groups excluding carboxylic acids is 2. The zero-order valence-corrected chi connectivity index (χ0v) is 16.4. The highest BCUT2D eigenvalue weighted by molar-refractivity contribution is 5.95. The lowest BCUT2D eigenvalue weighted by atomic mass is 9.48. The SMILES string of the molecule is C[C@@H](NC(=O)COC(=O)c1cc2ccccc2[nH]1)C12CC3CC(CC(C3)C1)C2. The van der Waals surface area contributed by atoms with Crippen LogP contribution in [0, 0.1) is 23.2 Å². The molecule has 4 saturated carbocycles. The fraction of sp³-hybridized carbons (Fsp3) is 0.565. The molecule has 0 spiro atoms. The topological polar surface area (TPSA) is 71.2 Å². The standard InChI is InChI=1S/C23H28N2O3/c1-14(23-10-15-6-16(11-23)8-17(7-15)12-23)24-21(26)13-28-22(27)20-9-18-4-2-3-5-19(18)25-20/h2-5,9,14-17,25H,6-8,10-13H2,1H3,(H,24,26)/t14-,15?,16?,17?,23?/m1/s1. The van der Waals surface area contributed by atoms with Crippen molar-refractivity contribution in [2.75, 3.05) is 6.61 Å². The molecule has 1 amide bonds. The number of amides is 1. The van der Waals surface area contributed by atoms with E-state index in [4.69, 9.17) is 4.74 Å². The van der Waals surface area contributed by atoms with Gasteiger partial charge in [0.25, 0.3) is 5.91 Å². The van der Waals surface area contributed by atoms with Crippen LogP contribution in [0.15, 0.2) is 30.3 Å². The van der Waals surface area contributed by atoms with E-state index in [1.54, 1.807) is 6.07 Å². The van der Waals surface area contributed by atoms with E-state index >= 15 is 0 Å². The summed E-state index contributed by atoms with van der Waals surface area (Å²) in [6, 6.07) is 9.57. The minimum Gasteiger partial charge on any atom is -0.451 e. The number of fused-ring (bicyclic) bond motifs is 1. The largest absolute Gasteiger partial charge is 0.451 e. The summed E-state index contributed by atoms with van der Waals surface area (Å²) in [6.07, 6.45) is 7.91. The molecule has 4 aliphatic rings. The molecular weight excluding hydrogens is 352 g/mol. The molecule has 1 aromatic heterocycles. The number of hydrogen-bond acceptors (Lipinski definition) is 3. The van der Waals surface area contributed by atoms with E-state index < -0.39 is 5.97 Å². The van der Waals surface area contributed by atoms with Crippen LogP contribution in [0.5, 0.6) is 0 Å². The predicted octanol–water partition coefficient (Wildman–Crippen LogP) is 4.05. The summed E-state index contributed by atoms with van der Waals surface area (Å²) >= 11 is 0. The molecule has 0 aliphatic heterocycles. The molecule has 4 fully saturated rings. The first-order valence-electron chi connectivity index (χ1n) is 10.5. The molecule has 1 aromatic carbocycles. The molecule has 0 radical (unpaired) electrons. The summed E-state index contributed by atoms with van der Waals surface area (Å²) in [7, 11) is 0. The Balaban J connectivity index is 1.18. The van der Waals surface area contributed by atoms with E-state index in [0.29, 0.717) is 5.69 Å². The molecule has 5 nitrogen and oxygen atoms in total. The number of carbonyl (C=O) groups is 2. The van der Waals surface area contributed by atoms with Gasteiger partial charge in [-0.25, -0.2) is 4.79 Å². The zero-order valence-electron chi connectivity index (χ0n) is 16.4. The van der Waals surface area contributed by atoms with Crippen LogP contribution in [-0.2, 0) is 9.53 Å². The third-order valence-electron chi connectivity index (χ3n) is 7.47. The van der Waals surface area contributed by atoms with Crippen molar-refractivity contribution in [3.8, 4) is 0 Å². The van der Waals surface area contributed by atoms with E-state index in [-0.39, 0.29) is 24.0 Å². The van der Waals surface area contributed by atoms with Gasteiger partial charge >= 0.3 is 5.97 Å². The van der Waals surface area contributed by atoms with Crippen LogP contribution in [0.3, 0.4) is 0 Å². The van der Waals surface area contributed by atoms with E-state index in [0.717, 1.165) is 28.7 Å². The first kappa shape index (κ1) is 17.8. The summed E-state index contributed by atoms with van der Waals surface area (Å²) in [5.41, 5.74) is 1.52. The van der Waals surface area contributed by atoms with Gasteiger partial charge in [0.2, 0.25) is 0 Å². The van der Waals surface area contributed by atoms with Gasteiger partial charge in [-0.1, -0.05) is 18.2 Å². The van der Waals surface area contributed by atoms with Crippen molar-refractivity contribution in [1.29, 1.82) is 0 Å². The minimum atomic E-state index is -0.492. The van der Waals surface area contributed by atoms with Crippen LogP contribution in [-0.4, -0.2) is 29.5 Å². The molecule has 6 rings (SSSR count). The molecule has 1 heterocycles. The van der Waals surface area contributed by atoms with Crippen molar-refractivity contribution >= 4 is 22.8 Å². The van der Waals surface area contributed by atoms with Gasteiger partial charge in [-0.2, -0.15) is 0 Å². The Hall–Kier alpha value is -2.30. The van der Waals surface area contributed by atoms with Gasteiger partial charge in [-0.05, 0) is 80.8 Å². The average Bonchev–Trinajstić information content (AvgIpc) is 3.09. The van der Waals surface area contributed by atoms with Gasteiger partial charge < -0.3 is 15.0 Å². The summed E-state index contributed by atoms with van der Waals surface area (Å²) < 4.78 is 5.26. The highest BCUT2D eigenvalue weighted by Crippen LogP contribution is 2.61. The number of para-hydroxylation sites is 1. The van der Waals surface area contributed by atoms with E-state index in [1.807, 2.05) is 24.3 Å². The maximum Gasteiger partial charge on any atom is 0.355 e. The number of rotatable bonds is 5. The third kappa shape index (κ3) is 3.11. The lowest BCUT2D eigenvalue weighted by Crippen LogP contribution is -2.56. The molecule has 2 aromatic rings. The normalized spacial score (nSPS) is 31.7. The average molecular weight is 380 g/mol. The van der Waals surface area contributed by atoms with Gasteiger partial charge in [-0.3, -0.25) is 4.79 Å². The number of esters is 1. The second-order valence-electron chi connectivity index (χ2n) is 9.42. The van der Waals surface area contributed by atoms with Gasteiger partial charge in [0.05, 0.1) is 0 Å². The maximum atomic E-state index is 12.5. The second-order valence-corrected chi connectivity index (χ2v) is 9.42. The first-order chi connectivity index (χ1) is 13.5. The fourth-order valence-electron chi connectivity index (χ4n) is 6.54. The van der Waals surface area contributed by atoms with Crippen molar-refractivity contribution in [3.63, 3.8) is 0 Å². The van der Waals surface area contributed by atoms with E-state index in [9.17, 15) is 9.59 Å². The highest BCUT2D eigenvalue weighted by atomic mass is 16.5. The van der Waals surface area contributed by atoms with Crippen LogP contribution in [0.4, 0.5) is 0 Å². The fourth-order valence-corrected chi connectivity index (χ4v) is 6.54. The number of aromatic nitrogens is 1. The molecular formula is C23H28N2O3. The van der Waals surface area contributed by atoms with Crippen molar-refractivity contribution < 1.29 is 14.3 Å². The molecule has 1 atom stereocenters. The van der Waals surface area contributed by atoms with Crippen LogP contribution in [0.1, 0.15) is 55.9 Å². The molecule has 0 saturated heterocycles. The number of aromatic amines is 1. The van der Waals surface area contributed by atoms with Gasteiger partial charge in [-0.15, -0.1) is 0 Å². The van der Waals surface area contributed by atoms with Gasteiger partial charge in [0.1, 0.15) is 5.69 Å². The first-order valence-corrected chi connectivity index (χ1v) is 10.5. The van der Waals surface area contributed by atoms with Crippen molar-refractivity contribution in [2.24, 2.45) is 23.2 Å². The Kier molecular flexibility index (Phi) is 4.22. The Labute approximate surface area is 165 Å². The minimum absolute atomic E-state index is 0.139. The molecule has 4 aliphatic carbocycles. The monoisotopic (exact) mass is 380 g/mol. The van der Waals surface area contributed by atoms with Crippen LogP contribution in [0.25, 0.3) is 10.9 Å². The van der Waals surface area contributed by atoms with E-state index in [2.05, 4.69) is 17.2 Å². The Morgan fingerprint density at radius 1 is 1.14 bits per heavy atom. The van der Waals surface area contributed by atoms with E-state index in [1.165, 1.54) is 38.5 Å². The number of nitrogens with one attached hydrogen (secondary N) is 2. The summed E-state index contributed by atoms with van der Waals surface area (Å²) in [5, 5.41) is 4.10. The van der Waals surface area contributed by atoms with Crippen molar-refractivity contribution in [3.05, 3.63) is 36.0 Å². The zero-order chi connectivity index (χ0) is 19.3. The van der Waals surface area contributed by atoms with Crippen molar-refractivity contribution in [2.45, 2.75) is 51.5 Å². The molecule has 0 unspecified atom stereocenters. The molecule has 28 heavy (non-hydrogen) atoms. The predicted molar refractivity (Wildman–Crippen MR) is 107 cm³/mol. The highest BCUT2D eigenvalue weighted by Gasteiger charge is 2.53. The summed E-state index contributed by atoms with van der Waals surface area (Å²) in [5.74, 6) is 1.86. The quantitative estimate of drug-likeness (QED) is 0.769. The third-order valence-corrected chi connectivity index (χ3v) is 7.47. The van der Waals surface area contributed by atoms with Gasteiger partial charge in [0.15, 0.2) is 6.61 Å². The molecule has 2 N–H and O–H groups in total. The second kappa shape index (κ2) is 6.64.